The molecule has 0 bridgehead atoms. The molecule has 2 aromatic carbocycles. The van der Waals surface area contributed by atoms with Crippen LogP contribution in [0.4, 0.5) is 0 Å². The molecule has 0 saturated carbocycles. The van der Waals surface area contributed by atoms with Crippen molar-refractivity contribution in [2.75, 3.05) is 27.9 Å². The van der Waals surface area contributed by atoms with Gasteiger partial charge in [-0.05, 0) is 61.2 Å². The first-order chi connectivity index (χ1) is 16.3. The Morgan fingerprint density at radius 2 is 1.79 bits per heavy atom. The topological polar surface area (TPSA) is 85.3 Å². The third-order valence-corrected chi connectivity index (χ3v) is 6.78. The number of aromatic hydroxyl groups is 1. The van der Waals surface area contributed by atoms with Crippen LogP contribution in [-0.2, 0) is 21.5 Å². The van der Waals surface area contributed by atoms with Gasteiger partial charge in [-0.3, -0.25) is 4.79 Å². The zero-order valence-corrected chi connectivity index (χ0v) is 20.1. The number of aryl methyl sites for hydroxylation is 1. The van der Waals surface area contributed by atoms with Gasteiger partial charge in [0.25, 0.3) is 0 Å². The summed E-state index contributed by atoms with van der Waals surface area (Å²) in [4.78, 5) is 28.6. The highest BCUT2D eigenvalue weighted by atomic mass is 16.5. The lowest BCUT2D eigenvalue weighted by Gasteiger charge is -2.50. The smallest absolute Gasteiger partial charge is 0.336 e. The van der Waals surface area contributed by atoms with Gasteiger partial charge in [-0.25, -0.2) is 4.79 Å². The molecule has 0 spiro atoms. The van der Waals surface area contributed by atoms with Crippen LogP contribution in [-0.4, -0.2) is 49.6 Å². The highest BCUT2D eigenvalue weighted by Gasteiger charge is 2.49. The average molecular weight is 464 g/mol. The van der Waals surface area contributed by atoms with Gasteiger partial charge in [0.05, 0.1) is 38.0 Å². The molecule has 0 saturated heterocycles. The van der Waals surface area contributed by atoms with E-state index in [-0.39, 0.29) is 17.1 Å². The molecule has 7 nitrogen and oxygen atoms in total. The van der Waals surface area contributed by atoms with Crippen LogP contribution < -0.4 is 9.47 Å². The average Bonchev–Trinajstić information content (AvgIpc) is 2.87. The number of fused-ring (bicyclic) bond motifs is 3. The number of benzene rings is 2. The number of esters is 1. The monoisotopic (exact) mass is 463 g/mol. The van der Waals surface area contributed by atoms with Crippen LogP contribution in [0.1, 0.15) is 40.4 Å². The molecular weight excluding hydrogens is 434 g/mol. The van der Waals surface area contributed by atoms with Gasteiger partial charge in [-0.1, -0.05) is 18.6 Å². The second-order valence-corrected chi connectivity index (χ2v) is 8.51. The lowest BCUT2D eigenvalue weighted by Crippen LogP contribution is -2.52. The van der Waals surface area contributed by atoms with Crippen molar-refractivity contribution in [1.29, 1.82) is 0 Å². The van der Waals surface area contributed by atoms with E-state index in [9.17, 15) is 14.7 Å². The van der Waals surface area contributed by atoms with Crippen molar-refractivity contribution in [1.82, 2.24) is 4.90 Å². The Labute approximate surface area is 199 Å². The highest BCUT2D eigenvalue weighted by molar-refractivity contribution is 6.13. The molecule has 178 valence electrons. The first kappa shape index (κ1) is 23.4. The van der Waals surface area contributed by atoms with Crippen LogP contribution in [0.5, 0.6) is 17.2 Å². The van der Waals surface area contributed by atoms with Crippen LogP contribution in [0.15, 0.2) is 53.8 Å². The Morgan fingerprint density at radius 1 is 1.09 bits per heavy atom. The SMILES string of the molecule is CC[C@]12C(C(=O)OC)=CC(C(=O)c3cc(C)ccc3O)=CN1CCc1cc(OC)c(OC)cc12. The minimum atomic E-state index is -0.835. The van der Waals surface area contributed by atoms with E-state index in [1.807, 2.05) is 30.9 Å². The van der Waals surface area contributed by atoms with Crippen molar-refractivity contribution < 1.29 is 28.9 Å². The van der Waals surface area contributed by atoms with E-state index in [2.05, 4.69) is 0 Å². The van der Waals surface area contributed by atoms with E-state index in [1.54, 1.807) is 38.6 Å². The number of hydrogen-bond donors (Lipinski definition) is 1. The summed E-state index contributed by atoms with van der Waals surface area (Å²) < 4.78 is 16.2. The zero-order valence-electron chi connectivity index (χ0n) is 20.1. The number of carbonyl (C=O) groups excluding carboxylic acids is 2. The summed E-state index contributed by atoms with van der Waals surface area (Å²) >= 11 is 0. The number of methoxy groups -OCH3 is 3. The third-order valence-electron chi connectivity index (χ3n) is 6.78. The zero-order chi connectivity index (χ0) is 24.6. The molecular formula is C27H29NO6. The fraction of sp³-hybridized carbons (Fsp3) is 0.333. The summed E-state index contributed by atoms with van der Waals surface area (Å²) in [6.45, 7) is 4.44. The Hall–Kier alpha value is -3.74. The molecule has 0 aromatic heterocycles. The molecule has 0 aliphatic carbocycles. The number of carbonyl (C=O) groups is 2. The molecule has 34 heavy (non-hydrogen) atoms. The predicted octanol–water partition coefficient (Wildman–Crippen LogP) is 4.06. The summed E-state index contributed by atoms with van der Waals surface area (Å²) in [6.07, 6.45) is 4.64. The van der Waals surface area contributed by atoms with Crippen molar-refractivity contribution >= 4 is 11.8 Å². The quantitative estimate of drug-likeness (QED) is 0.511. The maximum Gasteiger partial charge on any atom is 0.336 e. The molecule has 0 amide bonds. The van der Waals surface area contributed by atoms with E-state index in [0.29, 0.717) is 42.0 Å². The number of phenols is 1. The molecule has 0 fully saturated rings. The van der Waals surface area contributed by atoms with E-state index in [1.165, 1.54) is 13.2 Å². The maximum atomic E-state index is 13.4. The Bertz CT molecular complexity index is 1230. The van der Waals surface area contributed by atoms with E-state index < -0.39 is 11.5 Å². The second kappa shape index (κ2) is 8.89. The fourth-order valence-electron chi connectivity index (χ4n) is 5.09. The first-order valence-electron chi connectivity index (χ1n) is 11.2. The molecule has 7 heteroatoms. The van der Waals surface area contributed by atoms with Crippen molar-refractivity contribution in [2.24, 2.45) is 0 Å². The van der Waals surface area contributed by atoms with Crippen LogP contribution >= 0.6 is 0 Å². The number of phenolic OH excluding ortho intramolecular Hbond substituents is 1. The summed E-state index contributed by atoms with van der Waals surface area (Å²) in [5.41, 5.74) is 2.85. The number of rotatable bonds is 6. The number of allylic oxidation sites excluding steroid dienone is 2. The molecule has 4 rings (SSSR count). The summed E-state index contributed by atoms with van der Waals surface area (Å²) in [5.74, 6) is 0.224. The van der Waals surface area contributed by atoms with Gasteiger partial charge >= 0.3 is 5.97 Å². The summed E-state index contributed by atoms with van der Waals surface area (Å²) in [6, 6.07) is 8.75. The predicted molar refractivity (Wildman–Crippen MR) is 127 cm³/mol. The maximum absolute atomic E-state index is 13.4. The van der Waals surface area contributed by atoms with Crippen LogP contribution in [0, 0.1) is 6.92 Å². The Kier molecular flexibility index (Phi) is 6.13. The van der Waals surface area contributed by atoms with Crippen molar-refractivity contribution in [2.45, 2.75) is 32.2 Å². The minimum absolute atomic E-state index is 0.0994. The van der Waals surface area contributed by atoms with Gasteiger partial charge in [0.2, 0.25) is 0 Å². The molecule has 2 aliphatic heterocycles. The number of hydrogen-bond acceptors (Lipinski definition) is 7. The Morgan fingerprint density at radius 3 is 2.44 bits per heavy atom. The lowest BCUT2D eigenvalue weighted by atomic mass is 9.71. The summed E-state index contributed by atoms with van der Waals surface area (Å²) in [7, 11) is 4.50. The molecule has 2 aromatic rings. The molecule has 2 aliphatic rings. The number of ketones is 1. The van der Waals surface area contributed by atoms with Gasteiger partial charge < -0.3 is 24.2 Å². The van der Waals surface area contributed by atoms with Gasteiger partial charge in [0, 0.05) is 18.3 Å². The van der Waals surface area contributed by atoms with Crippen molar-refractivity contribution in [3.05, 3.63) is 76.0 Å². The van der Waals surface area contributed by atoms with Crippen LogP contribution in [0.3, 0.4) is 0 Å². The minimum Gasteiger partial charge on any atom is -0.507 e. The number of Topliss-reactive ketones (excluding diaryl/α,β-unsaturated/α-hetero) is 1. The van der Waals surface area contributed by atoms with Gasteiger partial charge in [-0.15, -0.1) is 0 Å². The molecule has 1 atom stereocenters. The number of ether oxygens (including phenoxy) is 3. The van der Waals surface area contributed by atoms with E-state index in [4.69, 9.17) is 14.2 Å². The Balaban J connectivity index is 1.92. The largest absolute Gasteiger partial charge is 0.507 e. The van der Waals surface area contributed by atoms with Gasteiger partial charge in [0.1, 0.15) is 5.75 Å². The normalized spacial score (nSPS) is 18.8. The van der Waals surface area contributed by atoms with E-state index >= 15 is 0 Å². The standard InChI is InChI=1S/C27H29NO6/c1-6-27-20-14-24(33-4)23(32-3)13-17(20)9-10-28(27)15-18(12-21(27)26(31)34-5)25(30)19-11-16(2)7-8-22(19)29/h7-8,11-15,29H,6,9-10H2,1-5H3/t27-/m0/s1. The van der Waals surface area contributed by atoms with Crippen LogP contribution in [0.25, 0.3) is 0 Å². The van der Waals surface area contributed by atoms with Crippen molar-refractivity contribution in [3.63, 3.8) is 0 Å². The van der Waals surface area contributed by atoms with Crippen molar-refractivity contribution in [3.8, 4) is 17.2 Å². The summed E-state index contributed by atoms with van der Waals surface area (Å²) in [5, 5.41) is 10.3. The molecule has 1 N–H and O–H groups in total. The molecule has 0 unspecified atom stereocenters. The van der Waals surface area contributed by atoms with Gasteiger partial charge in [0.15, 0.2) is 17.3 Å². The van der Waals surface area contributed by atoms with Gasteiger partial charge in [-0.2, -0.15) is 0 Å². The van der Waals surface area contributed by atoms with Crippen LogP contribution in [0.2, 0.25) is 0 Å². The second-order valence-electron chi connectivity index (χ2n) is 8.51. The number of nitrogens with zero attached hydrogens (tertiary/aromatic N) is 1. The highest BCUT2D eigenvalue weighted by Crippen LogP contribution is 2.50. The molecule has 2 heterocycles. The first-order valence-corrected chi connectivity index (χ1v) is 11.2. The van der Waals surface area contributed by atoms with E-state index in [0.717, 1.165) is 16.7 Å². The third kappa shape index (κ3) is 3.52. The molecule has 0 radical (unpaired) electrons. The fourth-order valence-corrected chi connectivity index (χ4v) is 5.09. The lowest BCUT2D eigenvalue weighted by molar-refractivity contribution is -0.138.